The van der Waals surface area contributed by atoms with Gasteiger partial charge in [0.05, 0.1) is 12.0 Å². The lowest BCUT2D eigenvalue weighted by molar-refractivity contribution is 0.0938. The fourth-order valence-electron chi connectivity index (χ4n) is 3.61. The zero-order valence-electron chi connectivity index (χ0n) is 17.6. The number of methoxy groups -OCH3 is 1. The van der Waals surface area contributed by atoms with Gasteiger partial charge in [0.1, 0.15) is 5.75 Å². The van der Waals surface area contributed by atoms with E-state index in [1.54, 1.807) is 25.3 Å². The summed E-state index contributed by atoms with van der Waals surface area (Å²) in [7, 11) is -1.92. The highest BCUT2D eigenvalue weighted by atomic mass is 32.2. The molecule has 6 nitrogen and oxygen atoms in total. The highest BCUT2D eigenvalue weighted by Gasteiger charge is 2.26. The summed E-state index contributed by atoms with van der Waals surface area (Å²) in [6.07, 6.45) is 4.43. The van der Waals surface area contributed by atoms with Crippen molar-refractivity contribution < 1.29 is 17.9 Å². The molecule has 1 saturated heterocycles. The summed E-state index contributed by atoms with van der Waals surface area (Å²) >= 11 is 0. The van der Waals surface area contributed by atoms with Crippen LogP contribution in [0.3, 0.4) is 0 Å². The molecule has 1 unspecified atom stereocenters. The maximum atomic E-state index is 12.9. The van der Waals surface area contributed by atoms with E-state index in [1.165, 1.54) is 15.9 Å². The minimum absolute atomic E-state index is 0.0399. The molecule has 1 amide bonds. The number of hydrogen-bond donors (Lipinski definition) is 1. The SMILES string of the molecule is COc1ccc(CCC(C)NC(=O)c2cccc(S(=O)(=O)N3CCCCC3)c2)cc1. The highest BCUT2D eigenvalue weighted by molar-refractivity contribution is 7.89. The van der Waals surface area contributed by atoms with Crippen molar-refractivity contribution in [2.75, 3.05) is 20.2 Å². The first-order chi connectivity index (χ1) is 14.4. The quantitative estimate of drug-likeness (QED) is 0.694. The van der Waals surface area contributed by atoms with Gasteiger partial charge in [-0.2, -0.15) is 4.31 Å². The van der Waals surface area contributed by atoms with Crippen LogP contribution in [0.2, 0.25) is 0 Å². The number of amides is 1. The fourth-order valence-corrected chi connectivity index (χ4v) is 5.17. The van der Waals surface area contributed by atoms with Crippen LogP contribution < -0.4 is 10.1 Å². The van der Waals surface area contributed by atoms with E-state index < -0.39 is 10.0 Å². The molecule has 2 aromatic carbocycles. The molecule has 1 heterocycles. The van der Waals surface area contributed by atoms with E-state index >= 15 is 0 Å². The molecule has 0 saturated carbocycles. The predicted molar refractivity (Wildman–Crippen MR) is 117 cm³/mol. The van der Waals surface area contributed by atoms with Crippen LogP contribution in [0, 0.1) is 0 Å². The molecule has 3 rings (SSSR count). The van der Waals surface area contributed by atoms with Crippen LogP contribution in [0.4, 0.5) is 0 Å². The Bertz CT molecular complexity index is 951. The van der Waals surface area contributed by atoms with Crippen molar-refractivity contribution in [3.05, 3.63) is 59.7 Å². The first kappa shape index (κ1) is 22.3. The number of piperidine rings is 1. The Kier molecular flexibility index (Phi) is 7.50. The van der Waals surface area contributed by atoms with Crippen molar-refractivity contribution in [2.24, 2.45) is 0 Å². The molecule has 7 heteroatoms. The summed E-state index contributed by atoms with van der Waals surface area (Å²) in [6.45, 7) is 3.04. The number of benzene rings is 2. The molecule has 162 valence electrons. The van der Waals surface area contributed by atoms with Crippen molar-refractivity contribution in [1.82, 2.24) is 9.62 Å². The van der Waals surface area contributed by atoms with Gasteiger partial charge in [0, 0.05) is 24.7 Å². The smallest absolute Gasteiger partial charge is 0.251 e. The molecule has 1 N–H and O–H groups in total. The van der Waals surface area contributed by atoms with Gasteiger partial charge in [-0.05, 0) is 68.5 Å². The molecule has 0 aromatic heterocycles. The number of carbonyl (C=O) groups excluding carboxylic acids is 1. The summed E-state index contributed by atoms with van der Waals surface area (Å²) < 4.78 is 32.4. The summed E-state index contributed by atoms with van der Waals surface area (Å²) in [5.74, 6) is 0.562. The standard InChI is InChI=1S/C23H30N2O4S/c1-18(9-10-19-11-13-21(29-2)14-12-19)24-23(26)20-7-6-8-22(17-20)30(27,28)25-15-4-3-5-16-25/h6-8,11-14,17-18H,3-5,9-10,15-16H2,1-2H3,(H,24,26). The average Bonchev–Trinajstić information content (AvgIpc) is 2.78. The van der Waals surface area contributed by atoms with Gasteiger partial charge in [0.2, 0.25) is 10.0 Å². The van der Waals surface area contributed by atoms with Crippen molar-refractivity contribution >= 4 is 15.9 Å². The van der Waals surface area contributed by atoms with Gasteiger partial charge in [-0.3, -0.25) is 4.79 Å². The lowest BCUT2D eigenvalue weighted by atomic mass is 10.1. The number of hydrogen-bond acceptors (Lipinski definition) is 4. The zero-order valence-corrected chi connectivity index (χ0v) is 18.5. The molecule has 1 atom stereocenters. The Morgan fingerprint density at radius 1 is 1.10 bits per heavy atom. The minimum atomic E-state index is -3.56. The summed E-state index contributed by atoms with van der Waals surface area (Å²) in [5, 5.41) is 2.98. The monoisotopic (exact) mass is 430 g/mol. The molecule has 30 heavy (non-hydrogen) atoms. The third kappa shape index (κ3) is 5.61. The average molecular weight is 431 g/mol. The van der Waals surface area contributed by atoms with Crippen LogP contribution >= 0.6 is 0 Å². The maximum absolute atomic E-state index is 12.9. The lowest BCUT2D eigenvalue weighted by Gasteiger charge is -2.26. The third-order valence-corrected chi connectivity index (χ3v) is 7.35. The molecule has 1 fully saturated rings. The van der Waals surface area contributed by atoms with Crippen LogP contribution in [0.1, 0.15) is 48.5 Å². The first-order valence-electron chi connectivity index (χ1n) is 10.4. The molecule has 2 aromatic rings. The molecule has 1 aliphatic rings. The number of carbonyl (C=O) groups is 1. The van der Waals surface area contributed by atoms with Gasteiger partial charge >= 0.3 is 0 Å². The van der Waals surface area contributed by atoms with Crippen LogP contribution in [0.15, 0.2) is 53.4 Å². The number of ether oxygens (including phenoxy) is 1. The number of sulfonamides is 1. The summed E-state index contributed by atoms with van der Waals surface area (Å²) in [6, 6.07) is 14.2. The number of nitrogens with zero attached hydrogens (tertiary/aromatic N) is 1. The second kappa shape index (κ2) is 10.1. The topological polar surface area (TPSA) is 75.7 Å². The Morgan fingerprint density at radius 3 is 2.47 bits per heavy atom. The number of nitrogens with one attached hydrogen (secondary N) is 1. The first-order valence-corrected chi connectivity index (χ1v) is 11.9. The van der Waals surface area contributed by atoms with Crippen molar-refractivity contribution in [3.63, 3.8) is 0 Å². The lowest BCUT2D eigenvalue weighted by Crippen LogP contribution is -2.36. The Labute approximate surface area is 179 Å². The van der Waals surface area contributed by atoms with Crippen LogP contribution in [0.5, 0.6) is 5.75 Å². The molecular formula is C23H30N2O4S. The van der Waals surface area contributed by atoms with Crippen LogP contribution in [-0.4, -0.2) is 44.9 Å². The largest absolute Gasteiger partial charge is 0.497 e. The van der Waals surface area contributed by atoms with Gasteiger partial charge in [-0.1, -0.05) is 24.6 Å². The molecule has 0 radical (unpaired) electrons. The molecule has 0 spiro atoms. The van der Waals surface area contributed by atoms with Gasteiger partial charge in [0.25, 0.3) is 5.91 Å². The van der Waals surface area contributed by atoms with E-state index in [4.69, 9.17) is 4.74 Å². The Balaban J connectivity index is 1.60. The minimum Gasteiger partial charge on any atom is -0.497 e. The maximum Gasteiger partial charge on any atom is 0.251 e. The molecule has 0 bridgehead atoms. The van der Waals surface area contributed by atoms with E-state index in [1.807, 2.05) is 31.2 Å². The van der Waals surface area contributed by atoms with Gasteiger partial charge in [0.15, 0.2) is 0 Å². The number of aryl methyl sites for hydroxylation is 1. The molecular weight excluding hydrogens is 400 g/mol. The normalized spacial score (nSPS) is 16.1. The van der Waals surface area contributed by atoms with Crippen molar-refractivity contribution in [2.45, 2.75) is 50.0 Å². The zero-order chi connectivity index (χ0) is 21.6. The highest BCUT2D eigenvalue weighted by Crippen LogP contribution is 2.21. The van der Waals surface area contributed by atoms with Crippen molar-refractivity contribution in [3.8, 4) is 5.75 Å². The van der Waals surface area contributed by atoms with E-state index in [9.17, 15) is 13.2 Å². The van der Waals surface area contributed by atoms with E-state index in [-0.39, 0.29) is 16.8 Å². The van der Waals surface area contributed by atoms with Gasteiger partial charge in [-0.25, -0.2) is 8.42 Å². The Hall–Kier alpha value is -2.38. The number of rotatable bonds is 8. The Morgan fingerprint density at radius 2 is 1.80 bits per heavy atom. The second-order valence-electron chi connectivity index (χ2n) is 7.75. The molecule has 1 aliphatic heterocycles. The molecule has 0 aliphatic carbocycles. The van der Waals surface area contributed by atoms with Crippen LogP contribution in [-0.2, 0) is 16.4 Å². The third-order valence-electron chi connectivity index (χ3n) is 5.45. The summed E-state index contributed by atoms with van der Waals surface area (Å²) in [4.78, 5) is 12.9. The van der Waals surface area contributed by atoms with Crippen LogP contribution in [0.25, 0.3) is 0 Å². The van der Waals surface area contributed by atoms with Crippen molar-refractivity contribution in [1.29, 1.82) is 0 Å². The van der Waals surface area contributed by atoms with E-state index in [0.717, 1.165) is 37.9 Å². The van der Waals surface area contributed by atoms with Gasteiger partial charge < -0.3 is 10.1 Å². The predicted octanol–water partition coefficient (Wildman–Crippen LogP) is 3.62. The van der Waals surface area contributed by atoms with Gasteiger partial charge in [-0.15, -0.1) is 0 Å². The second-order valence-corrected chi connectivity index (χ2v) is 9.69. The van der Waals surface area contributed by atoms with E-state index in [0.29, 0.717) is 18.7 Å². The van der Waals surface area contributed by atoms with E-state index in [2.05, 4.69) is 5.32 Å². The fraction of sp³-hybridized carbons (Fsp3) is 0.435. The summed E-state index contributed by atoms with van der Waals surface area (Å²) in [5.41, 5.74) is 1.54.